The first-order chi connectivity index (χ1) is 17.7. The number of aryl methyl sites for hydroxylation is 1. The number of fused-ring (bicyclic) bond motifs is 2. The Kier molecular flexibility index (Phi) is 8.08. The summed E-state index contributed by atoms with van der Waals surface area (Å²) in [6.45, 7) is 6.27. The third-order valence-electron chi connectivity index (χ3n) is 5.85. The standard InChI is InChI=1S/C23H25N5O3.C2HF3O2/c1-12(2)28(4)23(30)18-10-15-20(13(3)26-18)25-11-16(22(24)29)21(15)27-17-6-5-7-19-14(17)8-9-31-19;3-2(4,5)1(6)7/h5-7,10-12H,8-9H2,1-4H3,(H2,24,29)(H,25,27);(H,6,7). The molecule has 202 valence electrons. The molecule has 0 aliphatic carbocycles. The molecule has 1 aliphatic rings. The number of nitrogens with one attached hydrogen (secondary N) is 1. The summed E-state index contributed by atoms with van der Waals surface area (Å²) < 4.78 is 37.4. The van der Waals surface area contributed by atoms with Crippen LogP contribution in [-0.4, -0.2) is 63.6 Å². The van der Waals surface area contributed by atoms with E-state index >= 15 is 0 Å². The highest BCUT2D eigenvalue weighted by Gasteiger charge is 2.38. The van der Waals surface area contributed by atoms with Crippen molar-refractivity contribution in [2.24, 2.45) is 5.73 Å². The van der Waals surface area contributed by atoms with Gasteiger partial charge in [-0.25, -0.2) is 9.78 Å². The van der Waals surface area contributed by atoms with Crippen molar-refractivity contribution in [1.29, 1.82) is 0 Å². The second kappa shape index (κ2) is 10.9. The molecule has 0 spiro atoms. The van der Waals surface area contributed by atoms with Crippen LogP contribution >= 0.6 is 0 Å². The molecule has 10 nitrogen and oxygen atoms in total. The number of carboxylic acid groups (broad SMARTS) is 1. The van der Waals surface area contributed by atoms with E-state index in [1.165, 1.54) is 6.20 Å². The lowest BCUT2D eigenvalue weighted by Gasteiger charge is -2.22. The molecule has 0 fully saturated rings. The van der Waals surface area contributed by atoms with Gasteiger partial charge in [-0.3, -0.25) is 14.6 Å². The van der Waals surface area contributed by atoms with Gasteiger partial charge in [0, 0.05) is 42.3 Å². The third kappa shape index (κ3) is 5.93. The lowest BCUT2D eigenvalue weighted by atomic mass is 10.0. The molecule has 2 aromatic heterocycles. The largest absolute Gasteiger partial charge is 0.493 e. The fraction of sp³-hybridized carbons (Fsp3) is 0.320. The first-order valence-corrected chi connectivity index (χ1v) is 11.4. The van der Waals surface area contributed by atoms with Crippen LogP contribution in [-0.2, 0) is 11.2 Å². The number of hydrogen-bond acceptors (Lipinski definition) is 7. The van der Waals surface area contributed by atoms with Gasteiger partial charge in [-0.2, -0.15) is 13.2 Å². The molecule has 0 saturated carbocycles. The number of alkyl halides is 3. The predicted octanol–water partition coefficient (Wildman–Crippen LogP) is 3.83. The van der Waals surface area contributed by atoms with E-state index in [1.807, 2.05) is 32.0 Å². The lowest BCUT2D eigenvalue weighted by molar-refractivity contribution is -0.192. The Balaban J connectivity index is 0.000000505. The molecule has 0 unspecified atom stereocenters. The number of aromatic nitrogens is 2. The van der Waals surface area contributed by atoms with Crippen molar-refractivity contribution >= 4 is 40.1 Å². The van der Waals surface area contributed by atoms with E-state index in [2.05, 4.69) is 15.3 Å². The van der Waals surface area contributed by atoms with Crippen LogP contribution in [0.3, 0.4) is 0 Å². The van der Waals surface area contributed by atoms with Crippen LogP contribution in [0.25, 0.3) is 10.9 Å². The number of hydrogen-bond donors (Lipinski definition) is 3. The van der Waals surface area contributed by atoms with Crippen LogP contribution in [0.1, 0.15) is 46.0 Å². The molecule has 0 atom stereocenters. The molecule has 0 bridgehead atoms. The molecule has 4 rings (SSSR count). The number of primary amides is 1. The summed E-state index contributed by atoms with van der Waals surface area (Å²) >= 11 is 0. The number of halogens is 3. The topological polar surface area (TPSA) is 148 Å². The summed E-state index contributed by atoms with van der Waals surface area (Å²) in [5.41, 5.74) is 9.74. The van der Waals surface area contributed by atoms with E-state index in [0.29, 0.717) is 28.9 Å². The second-order valence-electron chi connectivity index (χ2n) is 8.72. The van der Waals surface area contributed by atoms with Crippen molar-refractivity contribution in [3.63, 3.8) is 0 Å². The molecule has 1 aromatic carbocycles. The van der Waals surface area contributed by atoms with E-state index < -0.39 is 18.1 Å². The summed E-state index contributed by atoms with van der Waals surface area (Å²) in [6.07, 6.45) is -2.87. The van der Waals surface area contributed by atoms with Gasteiger partial charge in [0.1, 0.15) is 11.4 Å². The number of amides is 2. The van der Waals surface area contributed by atoms with Crippen LogP contribution in [0.2, 0.25) is 0 Å². The van der Waals surface area contributed by atoms with Gasteiger partial charge in [0.05, 0.1) is 29.1 Å². The fourth-order valence-corrected chi connectivity index (χ4v) is 3.68. The first-order valence-electron chi connectivity index (χ1n) is 11.4. The van der Waals surface area contributed by atoms with Crippen LogP contribution in [0, 0.1) is 6.92 Å². The average Bonchev–Trinajstić information content (AvgIpc) is 3.33. The number of carboxylic acids is 1. The number of carbonyl (C=O) groups excluding carboxylic acids is 2. The van der Waals surface area contributed by atoms with E-state index in [9.17, 15) is 22.8 Å². The zero-order valence-electron chi connectivity index (χ0n) is 21.0. The highest BCUT2D eigenvalue weighted by atomic mass is 19.4. The first kappa shape index (κ1) is 28.2. The fourth-order valence-electron chi connectivity index (χ4n) is 3.68. The summed E-state index contributed by atoms with van der Waals surface area (Å²) in [7, 11) is 1.73. The summed E-state index contributed by atoms with van der Waals surface area (Å²) in [5.74, 6) is -2.75. The Bertz CT molecular complexity index is 1410. The van der Waals surface area contributed by atoms with Crippen LogP contribution in [0.5, 0.6) is 5.75 Å². The molecule has 13 heteroatoms. The summed E-state index contributed by atoms with van der Waals surface area (Å²) in [4.78, 5) is 44.5. The highest BCUT2D eigenvalue weighted by Crippen LogP contribution is 2.36. The van der Waals surface area contributed by atoms with Gasteiger partial charge in [0.25, 0.3) is 11.8 Å². The van der Waals surface area contributed by atoms with Crippen molar-refractivity contribution in [1.82, 2.24) is 14.9 Å². The van der Waals surface area contributed by atoms with Gasteiger partial charge in [0.2, 0.25) is 0 Å². The van der Waals surface area contributed by atoms with Crippen molar-refractivity contribution in [2.75, 3.05) is 19.0 Å². The molecule has 4 N–H and O–H groups in total. The minimum Gasteiger partial charge on any atom is -0.493 e. The monoisotopic (exact) mass is 533 g/mol. The van der Waals surface area contributed by atoms with E-state index in [-0.39, 0.29) is 23.2 Å². The van der Waals surface area contributed by atoms with Crippen molar-refractivity contribution < 1.29 is 37.4 Å². The molecule has 0 radical (unpaired) electrons. The molecular weight excluding hydrogens is 507 g/mol. The SMILES string of the molecule is Cc1nc(C(=O)N(C)C(C)C)cc2c(Nc3cccc4c3CCO4)c(C(N)=O)cnc12.O=C(O)C(F)(F)F. The zero-order valence-corrected chi connectivity index (χ0v) is 21.0. The number of anilines is 2. The quantitative estimate of drug-likeness (QED) is 0.448. The number of nitrogens with two attached hydrogens (primary N) is 1. The van der Waals surface area contributed by atoms with E-state index in [0.717, 1.165) is 23.4 Å². The van der Waals surface area contributed by atoms with Gasteiger partial charge in [0.15, 0.2) is 0 Å². The average molecular weight is 534 g/mol. The van der Waals surface area contributed by atoms with Gasteiger partial charge in [-0.15, -0.1) is 0 Å². The number of carbonyl (C=O) groups is 3. The summed E-state index contributed by atoms with van der Waals surface area (Å²) in [6, 6.07) is 7.42. The maximum Gasteiger partial charge on any atom is 0.490 e. The number of aliphatic carboxylic acids is 1. The molecule has 3 aromatic rings. The minimum absolute atomic E-state index is 0.0184. The number of rotatable bonds is 5. The van der Waals surface area contributed by atoms with Crippen molar-refractivity contribution in [2.45, 2.75) is 39.4 Å². The Labute approximate surface area is 215 Å². The normalized spacial score (nSPS) is 12.3. The summed E-state index contributed by atoms with van der Waals surface area (Å²) in [5, 5.41) is 11.1. The highest BCUT2D eigenvalue weighted by molar-refractivity contribution is 6.09. The van der Waals surface area contributed by atoms with Crippen LogP contribution in [0.15, 0.2) is 30.5 Å². The molecule has 1 aliphatic heterocycles. The minimum atomic E-state index is -5.08. The zero-order chi connectivity index (χ0) is 28.4. The van der Waals surface area contributed by atoms with Crippen molar-refractivity contribution in [3.05, 3.63) is 53.0 Å². The number of benzene rings is 1. The Hall–Kier alpha value is -4.42. The Morgan fingerprint density at radius 2 is 1.89 bits per heavy atom. The smallest absolute Gasteiger partial charge is 0.490 e. The maximum atomic E-state index is 12.9. The van der Waals surface area contributed by atoms with E-state index in [1.54, 1.807) is 24.9 Å². The predicted molar refractivity (Wildman–Crippen MR) is 133 cm³/mol. The molecule has 3 heterocycles. The van der Waals surface area contributed by atoms with Gasteiger partial charge < -0.3 is 25.8 Å². The number of ether oxygens (including phenoxy) is 1. The lowest BCUT2D eigenvalue weighted by Crippen LogP contribution is -2.33. The van der Waals surface area contributed by atoms with Gasteiger partial charge in [-0.05, 0) is 39.0 Å². The van der Waals surface area contributed by atoms with E-state index in [4.69, 9.17) is 20.4 Å². The number of nitrogens with zero attached hydrogens (tertiary/aromatic N) is 3. The molecule has 38 heavy (non-hydrogen) atoms. The molecule has 2 amide bonds. The van der Waals surface area contributed by atoms with Gasteiger partial charge >= 0.3 is 12.1 Å². The Morgan fingerprint density at radius 1 is 1.24 bits per heavy atom. The molecular formula is C25H26F3N5O5. The van der Waals surface area contributed by atoms with Crippen molar-refractivity contribution in [3.8, 4) is 5.75 Å². The third-order valence-corrected chi connectivity index (χ3v) is 5.85. The second-order valence-corrected chi connectivity index (χ2v) is 8.72. The number of pyridine rings is 2. The Morgan fingerprint density at radius 3 is 2.47 bits per heavy atom. The van der Waals surface area contributed by atoms with Gasteiger partial charge in [-0.1, -0.05) is 6.07 Å². The maximum absolute atomic E-state index is 12.9. The molecule has 0 saturated heterocycles. The van der Waals surface area contributed by atoms with Crippen LogP contribution < -0.4 is 15.8 Å². The van der Waals surface area contributed by atoms with Crippen LogP contribution in [0.4, 0.5) is 24.5 Å².